The second kappa shape index (κ2) is 9.49. The van der Waals surface area contributed by atoms with Gasteiger partial charge in [0.2, 0.25) is 0 Å². The lowest BCUT2D eigenvalue weighted by Crippen LogP contribution is -2.37. The number of benzene rings is 3. The number of hydrogen-bond acceptors (Lipinski definition) is 6. The van der Waals surface area contributed by atoms with Crippen LogP contribution >= 0.6 is 11.3 Å². The average Bonchev–Trinajstić information content (AvgIpc) is 3.23. The quantitative estimate of drug-likeness (QED) is 0.333. The van der Waals surface area contributed by atoms with Gasteiger partial charge < -0.3 is 19.8 Å². The van der Waals surface area contributed by atoms with Crippen LogP contribution in [0.15, 0.2) is 66.7 Å². The number of carbonyl (C=O) groups is 1. The third-order valence-electron chi connectivity index (χ3n) is 6.43. The molecule has 1 aliphatic rings. The summed E-state index contributed by atoms with van der Waals surface area (Å²) in [4.78, 5) is 16.9. The molecule has 2 heterocycles. The van der Waals surface area contributed by atoms with Gasteiger partial charge in [0.05, 0.1) is 0 Å². The van der Waals surface area contributed by atoms with Crippen LogP contribution in [0.25, 0.3) is 20.5 Å². The normalized spacial score (nSPS) is 15.0. The number of aromatic hydroxyl groups is 2. The van der Waals surface area contributed by atoms with E-state index in [9.17, 15) is 15.0 Å². The SMILES string of the molecule is CCN1CCC(Oc2ccc(C(=O)c3c(-c4ccc(O)cc4)sc4cc(O)ccc34)cc2)CC1. The molecule has 0 radical (unpaired) electrons. The average molecular weight is 474 g/mol. The van der Waals surface area contributed by atoms with E-state index in [2.05, 4.69) is 11.8 Å². The van der Waals surface area contributed by atoms with Crippen LogP contribution in [-0.2, 0) is 0 Å². The molecular formula is C28H27NO4S. The maximum Gasteiger partial charge on any atom is 0.195 e. The third-order valence-corrected chi connectivity index (χ3v) is 7.63. The highest BCUT2D eigenvalue weighted by Crippen LogP contribution is 2.41. The zero-order chi connectivity index (χ0) is 23.7. The maximum absolute atomic E-state index is 13.7. The maximum atomic E-state index is 13.7. The number of carbonyl (C=O) groups excluding carboxylic acids is 1. The molecule has 0 bridgehead atoms. The molecule has 1 saturated heterocycles. The van der Waals surface area contributed by atoms with Gasteiger partial charge in [-0.05, 0) is 91.7 Å². The Morgan fingerprint density at radius 2 is 1.65 bits per heavy atom. The van der Waals surface area contributed by atoms with Crippen molar-refractivity contribution in [1.82, 2.24) is 4.90 Å². The summed E-state index contributed by atoms with van der Waals surface area (Å²) in [5, 5.41) is 20.5. The molecule has 0 amide bonds. The molecule has 2 N–H and O–H groups in total. The fourth-order valence-electron chi connectivity index (χ4n) is 4.49. The molecule has 3 aromatic carbocycles. The van der Waals surface area contributed by atoms with Crippen molar-refractivity contribution in [2.24, 2.45) is 0 Å². The van der Waals surface area contributed by atoms with Gasteiger partial charge in [0.25, 0.3) is 0 Å². The first-order valence-electron chi connectivity index (χ1n) is 11.6. The fourth-order valence-corrected chi connectivity index (χ4v) is 5.73. The van der Waals surface area contributed by atoms with Crippen LogP contribution in [0.1, 0.15) is 35.7 Å². The van der Waals surface area contributed by atoms with Crippen LogP contribution in [0.3, 0.4) is 0 Å². The Morgan fingerprint density at radius 1 is 0.971 bits per heavy atom. The van der Waals surface area contributed by atoms with Crippen molar-refractivity contribution in [3.8, 4) is 27.7 Å². The Morgan fingerprint density at radius 3 is 2.32 bits per heavy atom. The van der Waals surface area contributed by atoms with E-state index in [0.717, 1.165) is 58.8 Å². The second-order valence-corrected chi connectivity index (χ2v) is 9.69. The Balaban J connectivity index is 1.44. The van der Waals surface area contributed by atoms with E-state index in [1.807, 2.05) is 24.3 Å². The van der Waals surface area contributed by atoms with Crippen LogP contribution in [0, 0.1) is 0 Å². The highest BCUT2D eigenvalue weighted by Gasteiger charge is 2.23. The smallest absolute Gasteiger partial charge is 0.195 e. The number of rotatable bonds is 6. The van der Waals surface area contributed by atoms with Gasteiger partial charge in [-0.15, -0.1) is 11.3 Å². The Labute approximate surface area is 202 Å². The number of nitrogens with zero attached hydrogens (tertiary/aromatic N) is 1. The van der Waals surface area contributed by atoms with E-state index in [-0.39, 0.29) is 23.4 Å². The molecular weight excluding hydrogens is 446 g/mol. The molecule has 1 fully saturated rings. The first-order chi connectivity index (χ1) is 16.5. The summed E-state index contributed by atoms with van der Waals surface area (Å²) in [7, 11) is 0. The highest BCUT2D eigenvalue weighted by atomic mass is 32.1. The Hall–Kier alpha value is -3.35. The molecule has 4 aromatic rings. The van der Waals surface area contributed by atoms with Crippen LogP contribution in [0.4, 0.5) is 0 Å². The monoisotopic (exact) mass is 473 g/mol. The second-order valence-electron chi connectivity index (χ2n) is 8.64. The van der Waals surface area contributed by atoms with Crippen molar-refractivity contribution in [1.29, 1.82) is 0 Å². The number of piperidine rings is 1. The number of ketones is 1. The van der Waals surface area contributed by atoms with Crippen LogP contribution in [0.5, 0.6) is 17.2 Å². The van der Waals surface area contributed by atoms with Gasteiger partial charge in [-0.3, -0.25) is 4.79 Å². The zero-order valence-corrected chi connectivity index (χ0v) is 19.8. The predicted molar refractivity (Wildman–Crippen MR) is 136 cm³/mol. The van der Waals surface area contributed by atoms with Crippen molar-refractivity contribution < 1.29 is 19.7 Å². The minimum Gasteiger partial charge on any atom is -0.508 e. The summed E-state index contributed by atoms with van der Waals surface area (Å²) in [6.07, 6.45) is 2.23. The van der Waals surface area contributed by atoms with Gasteiger partial charge in [-0.1, -0.05) is 6.92 Å². The molecule has 5 nitrogen and oxygen atoms in total. The summed E-state index contributed by atoms with van der Waals surface area (Å²) >= 11 is 1.46. The minimum absolute atomic E-state index is 0.0807. The van der Waals surface area contributed by atoms with Gasteiger partial charge in [-0.2, -0.15) is 0 Å². The van der Waals surface area contributed by atoms with Crippen LogP contribution < -0.4 is 4.74 Å². The lowest BCUT2D eigenvalue weighted by Gasteiger charge is -2.31. The number of phenols is 2. The van der Waals surface area contributed by atoms with Crippen molar-refractivity contribution in [3.05, 3.63) is 77.9 Å². The molecule has 1 aliphatic heterocycles. The molecule has 0 unspecified atom stereocenters. The fraction of sp³-hybridized carbons (Fsp3) is 0.250. The van der Waals surface area contributed by atoms with E-state index >= 15 is 0 Å². The third kappa shape index (κ3) is 4.52. The summed E-state index contributed by atoms with van der Waals surface area (Å²) in [5.41, 5.74) is 2.03. The molecule has 174 valence electrons. The summed E-state index contributed by atoms with van der Waals surface area (Å²) < 4.78 is 7.01. The van der Waals surface area contributed by atoms with Crippen molar-refractivity contribution in [3.63, 3.8) is 0 Å². The van der Waals surface area contributed by atoms with E-state index in [0.29, 0.717) is 11.1 Å². The van der Waals surface area contributed by atoms with E-state index in [1.165, 1.54) is 11.3 Å². The minimum atomic E-state index is -0.0807. The number of hydrogen-bond donors (Lipinski definition) is 2. The highest BCUT2D eigenvalue weighted by molar-refractivity contribution is 7.22. The van der Waals surface area contributed by atoms with E-state index in [4.69, 9.17) is 4.74 Å². The van der Waals surface area contributed by atoms with Crippen molar-refractivity contribution in [2.75, 3.05) is 19.6 Å². The largest absolute Gasteiger partial charge is 0.508 e. The van der Waals surface area contributed by atoms with E-state index < -0.39 is 0 Å². The number of fused-ring (bicyclic) bond motifs is 1. The molecule has 6 heteroatoms. The summed E-state index contributed by atoms with van der Waals surface area (Å²) in [6, 6.07) is 19.3. The molecule has 34 heavy (non-hydrogen) atoms. The Bertz CT molecular complexity index is 1300. The van der Waals surface area contributed by atoms with Crippen molar-refractivity contribution >= 4 is 27.2 Å². The van der Waals surface area contributed by atoms with Crippen LogP contribution in [-0.4, -0.2) is 46.6 Å². The molecule has 5 rings (SSSR count). The van der Waals surface area contributed by atoms with Gasteiger partial charge in [0, 0.05) is 39.2 Å². The molecule has 0 saturated carbocycles. The lowest BCUT2D eigenvalue weighted by atomic mass is 9.97. The molecule has 0 atom stereocenters. The first kappa shape index (κ1) is 22.4. The van der Waals surface area contributed by atoms with Crippen LogP contribution in [0.2, 0.25) is 0 Å². The number of ether oxygens (including phenoxy) is 1. The molecule has 1 aromatic heterocycles. The lowest BCUT2D eigenvalue weighted by molar-refractivity contribution is 0.103. The Kier molecular flexibility index (Phi) is 6.26. The van der Waals surface area contributed by atoms with Gasteiger partial charge in [0.15, 0.2) is 5.78 Å². The number of phenolic OH excluding ortho intramolecular Hbond substituents is 2. The first-order valence-corrected chi connectivity index (χ1v) is 12.4. The number of thiophene rings is 1. The summed E-state index contributed by atoms with van der Waals surface area (Å²) in [6.45, 7) is 5.37. The topological polar surface area (TPSA) is 70.0 Å². The standard InChI is InChI=1S/C28H27NO4S/c1-2-29-15-13-23(14-16-29)33-22-10-5-18(6-11-22)27(32)26-24-12-9-21(31)17-25(24)34-28(26)19-3-7-20(30)8-4-19/h3-12,17,23,30-31H,2,13-16H2,1H3. The predicted octanol–water partition coefficient (Wildman–Crippen LogP) is 6.07. The zero-order valence-electron chi connectivity index (χ0n) is 19.0. The number of likely N-dealkylation sites (tertiary alicyclic amines) is 1. The van der Waals surface area contributed by atoms with Gasteiger partial charge in [0.1, 0.15) is 23.4 Å². The summed E-state index contributed by atoms with van der Waals surface area (Å²) in [5.74, 6) is 1.04. The van der Waals surface area contributed by atoms with Gasteiger partial charge >= 0.3 is 0 Å². The van der Waals surface area contributed by atoms with Crippen molar-refractivity contribution in [2.45, 2.75) is 25.9 Å². The molecule has 0 spiro atoms. The van der Waals surface area contributed by atoms with E-state index in [1.54, 1.807) is 42.5 Å². The molecule has 0 aliphatic carbocycles. The van der Waals surface area contributed by atoms with Gasteiger partial charge in [-0.25, -0.2) is 0 Å².